The number of imide groups is 1. The predicted octanol–water partition coefficient (Wildman–Crippen LogP) is -2.14. The molecule has 8 heteroatoms. The van der Waals surface area contributed by atoms with Crippen LogP contribution in [0.15, 0.2) is 0 Å². The van der Waals surface area contributed by atoms with Gasteiger partial charge < -0.3 is 16.4 Å². The second kappa shape index (κ2) is 6.00. The van der Waals surface area contributed by atoms with Crippen molar-refractivity contribution in [2.75, 3.05) is 13.1 Å². The van der Waals surface area contributed by atoms with Gasteiger partial charge in [-0.1, -0.05) is 0 Å². The highest BCUT2D eigenvalue weighted by atomic mass is 16.2. The molecule has 110 valence electrons. The van der Waals surface area contributed by atoms with E-state index in [1.165, 1.54) is 0 Å². The Bertz CT molecular complexity index is 413. The van der Waals surface area contributed by atoms with Crippen LogP contribution in [0, 0.1) is 0 Å². The molecule has 4 N–H and O–H groups in total. The lowest BCUT2D eigenvalue weighted by Crippen LogP contribution is -2.53. The summed E-state index contributed by atoms with van der Waals surface area (Å²) in [5.41, 5.74) is 5.44. The molecule has 2 aliphatic rings. The number of carbonyl (C=O) groups is 4. The normalized spacial score (nSPS) is 25.2. The quantitative estimate of drug-likeness (QED) is 0.508. The molecular formula is C12H18N4O4. The van der Waals surface area contributed by atoms with E-state index in [2.05, 4.69) is 10.6 Å². The van der Waals surface area contributed by atoms with Gasteiger partial charge in [0, 0.05) is 25.9 Å². The van der Waals surface area contributed by atoms with E-state index in [9.17, 15) is 19.2 Å². The topological polar surface area (TPSA) is 122 Å². The van der Waals surface area contributed by atoms with E-state index in [0.29, 0.717) is 12.8 Å². The maximum Gasteiger partial charge on any atom is 0.251 e. The SMILES string of the molecule is NCCN(C(=O)[C@@H]1CCC(=O)N1)C(=O)[C@@H]1CCC(=O)N1. The average molecular weight is 282 g/mol. The second-order valence-electron chi connectivity index (χ2n) is 4.93. The lowest BCUT2D eigenvalue weighted by molar-refractivity contribution is -0.148. The van der Waals surface area contributed by atoms with Crippen LogP contribution in [0.1, 0.15) is 25.7 Å². The molecular weight excluding hydrogens is 264 g/mol. The molecule has 0 spiro atoms. The van der Waals surface area contributed by atoms with Crippen molar-refractivity contribution in [3.63, 3.8) is 0 Å². The van der Waals surface area contributed by atoms with Gasteiger partial charge in [0.15, 0.2) is 0 Å². The van der Waals surface area contributed by atoms with Crippen LogP contribution in [-0.4, -0.2) is 53.7 Å². The fourth-order valence-electron chi connectivity index (χ4n) is 2.43. The first-order valence-electron chi connectivity index (χ1n) is 6.67. The molecule has 0 saturated carbocycles. The van der Waals surface area contributed by atoms with Crippen molar-refractivity contribution in [3.8, 4) is 0 Å². The second-order valence-corrected chi connectivity index (χ2v) is 4.93. The average Bonchev–Trinajstić information content (AvgIpc) is 3.03. The van der Waals surface area contributed by atoms with Gasteiger partial charge in [-0.3, -0.25) is 24.1 Å². The highest BCUT2D eigenvalue weighted by molar-refractivity contribution is 6.03. The van der Waals surface area contributed by atoms with Gasteiger partial charge in [0.2, 0.25) is 11.8 Å². The molecule has 2 aliphatic heterocycles. The Morgan fingerprint density at radius 2 is 1.50 bits per heavy atom. The van der Waals surface area contributed by atoms with Crippen molar-refractivity contribution < 1.29 is 19.2 Å². The van der Waals surface area contributed by atoms with Gasteiger partial charge in [-0.15, -0.1) is 0 Å². The number of amides is 4. The van der Waals surface area contributed by atoms with E-state index in [1.807, 2.05) is 0 Å². The van der Waals surface area contributed by atoms with Gasteiger partial charge in [0.1, 0.15) is 12.1 Å². The third-order valence-corrected chi connectivity index (χ3v) is 3.47. The van der Waals surface area contributed by atoms with Crippen LogP contribution < -0.4 is 16.4 Å². The summed E-state index contributed by atoms with van der Waals surface area (Å²) in [6.07, 6.45) is 1.31. The summed E-state index contributed by atoms with van der Waals surface area (Å²) in [5, 5.41) is 5.07. The molecule has 8 nitrogen and oxygen atoms in total. The molecule has 0 radical (unpaired) electrons. The molecule has 2 saturated heterocycles. The van der Waals surface area contributed by atoms with E-state index in [-0.39, 0.29) is 37.7 Å². The highest BCUT2D eigenvalue weighted by Crippen LogP contribution is 2.14. The lowest BCUT2D eigenvalue weighted by atomic mass is 10.1. The molecule has 2 rings (SSSR count). The predicted molar refractivity (Wildman–Crippen MR) is 68.1 cm³/mol. The van der Waals surface area contributed by atoms with E-state index in [0.717, 1.165) is 4.90 Å². The number of nitrogens with one attached hydrogen (secondary N) is 2. The van der Waals surface area contributed by atoms with Crippen LogP contribution in [0.4, 0.5) is 0 Å². The Labute approximate surface area is 116 Å². The zero-order valence-corrected chi connectivity index (χ0v) is 11.1. The number of rotatable bonds is 4. The maximum atomic E-state index is 12.3. The Kier molecular flexibility index (Phi) is 4.33. The molecule has 2 atom stereocenters. The minimum Gasteiger partial charge on any atom is -0.344 e. The van der Waals surface area contributed by atoms with Gasteiger partial charge in [-0.25, -0.2) is 0 Å². The Morgan fingerprint density at radius 3 is 1.80 bits per heavy atom. The van der Waals surface area contributed by atoms with E-state index in [4.69, 9.17) is 5.73 Å². The van der Waals surface area contributed by atoms with Crippen LogP contribution >= 0.6 is 0 Å². The summed E-state index contributed by atoms with van der Waals surface area (Å²) in [6, 6.07) is -1.34. The van der Waals surface area contributed by atoms with Crippen LogP contribution in [0.25, 0.3) is 0 Å². The largest absolute Gasteiger partial charge is 0.344 e. The molecule has 0 unspecified atom stereocenters. The van der Waals surface area contributed by atoms with Crippen molar-refractivity contribution in [1.82, 2.24) is 15.5 Å². The van der Waals surface area contributed by atoms with E-state index >= 15 is 0 Å². The molecule has 0 bridgehead atoms. The van der Waals surface area contributed by atoms with Crippen molar-refractivity contribution in [2.45, 2.75) is 37.8 Å². The molecule has 0 aromatic carbocycles. The van der Waals surface area contributed by atoms with Crippen LogP contribution in [0.5, 0.6) is 0 Å². The smallest absolute Gasteiger partial charge is 0.251 e. The monoisotopic (exact) mass is 282 g/mol. The molecule has 0 aromatic heterocycles. The minimum absolute atomic E-state index is 0.0798. The van der Waals surface area contributed by atoms with Crippen LogP contribution in [-0.2, 0) is 19.2 Å². The van der Waals surface area contributed by atoms with Crippen LogP contribution in [0.2, 0.25) is 0 Å². The molecule has 0 aliphatic carbocycles. The Morgan fingerprint density at radius 1 is 1.05 bits per heavy atom. The van der Waals surface area contributed by atoms with Crippen LogP contribution in [0.3, 0.4) is 0 Å². The minimum atomic E-state index is -0.671. The summed E-state index contributed by atoms with van der Waals surface area (Å²) >= 11 is 0. The summed E-state index contributed by atoms with van der Waals surface area (Å²) in [5.74, 6) is -1.30. The van der Waals surface area contributed by atoms with Crippen molar-refractivity contribution in [3.05, 3.63) is 0 Å². The van der Waals surface area contributed by atoms with Crippen molar-refractivity contribution in [2.24, 2.45) is 5.73 Å². The molecule has 20 heavy (non-hydrogen) atoms. The standard InChI is InChI=1S/C12H18N4O4/c13-5-6-16(11(19)7-1-3-9(17)14-7)12(20)8-2-4-10(18)15-8/h7-8H,1-6,13H2,(H,14,17)(H,15,18)/t7-,8-/m0/s1. The zero-order chi connectivity index (χ0) is 14.7. The number of nitrogens with zero attached hydrogens (tertiary/aromatic N) is 1. The van der Waals surface area contributed by atoms with E-state index in [1.54, 1.807) is 0 Å². The van der Waals surface area contributed by atoms with Crippen molar-refractivity contribution >= 4 is 23.6 Å². The molecule has 2 fully saturated rings. The van der Waals surface area contributed by atoms with Gasteiger partial charge >= 0.3 is 0 Å². The van der Waals surface area contributed by atoms with Gasteiger partial charge in [-0.2, -0.15) is 0 Å². The number of carbonyl (C=O) groups excluding carboxylic acids is 4. The van der Waals surface area contributed by atoms with E-state index < -0.39 is 23.9 Å². The third kappa shape index (κ3) is 2.96. The fourth-order valence-corrected chi connectivity index (χ4v) is 2.43. The first-order chi connectivity index (χ1) is 9.52. The third-order valence-electron chi connectivity index (χ3n) is 3.47. The maximum absolute atomic E-state index is 12.3. The van der Waals surface area contributed by atoms with Gasteiger partial charge in [-0.05, 0) is 12.8 Å². The number of hydrogen-bond acceptors (Lipinski definition) is 5. The summed E-state index contributed by atoms with van der Waals surface area (Å²) < 4.78 is 0. The summed E-state index contributed by atoms with van der Waals surface area (Å²) in [4.78, 5) is 47.9. The van der Waals surface area contributed by atoms with Gasteiger partial charge in [0.25, 0.3) is 11.8 Å². The zero-order valence-electron chi connectivity index (χ0n) is 11.1. The molecule has 4 amide bonds. The highest BCUT2D eigenvalue weighted by Gasteiger charge is 2.37. The number of hydrogen-bond donors (Lipinski definition) is 3. The first kappa shape index (κ1) is 14.4. The van der Waals surface area contributed by atoms with Gasteiger partial charge in [0.05, 0.1) is 0 Å². The first-order valence-corrected chi connectivity index (χ1v) is 6.67. The summed E-state index contributed by atoms with van der Waals surface area (Å²) in [7, 11) is 0. The number of nitrogens with two attached hydrogens (primary N) is 1. The van der Waals surface area contributed by atoms with Crippen molar-refractivity contribution in [1.29, 1.82) is 0 Å². The Balaban J connectivity index is 2.05. The lowest BCUT2D eigenvalue weighted by Gasteiger charge is -2.25. The molecule has 0 aromatic rings. The molecule has 2 heterocycles. The Hall–Kier alpha value is -1.96. The fraction of sp³-hybridized carbons (Fsp3) is 0.667. The summed E-state index contributed by atoms with van der Waals surface area (Å²) in [6.45, 7) is 0.217.